The van der Waals surface area contributed by atoms with E-state index in [0.29, 0.717) is 28.9 Å². The topological polar surface area (TPSA) is 81.7 Å². The minimum absolute atomic E-state index is 0.00890. The van der Waals surface area contributed by atoms with Gasteiger partial charge in [-0.25, -0.2) is 8.42 Å². The Balaban J connectivity index is 2.77. The van der Waals surface area contributed by atoms with Crippen molar-refractivity contribution in [2.24, 2.45) is 0 Å². The van der Waals surface area contributed by atoms with Crippen molar-refractivity contribution in [3.05, 3.63) is 22.2 Å². The van der Waals surface area contributed by atoms with Crippen LogP contribution in [0.15, 0.2) is 21.5 Å². The number of hydrogen-bond donors (Lipinski definition) is 1. The zero-order chi connectivity index (χ0) is 16.0. The lowest BCUT2D eigenvalue weighted by Crippen LogP contribution is -2.20. The Kier molecular flexibility index (Phi) is 7.08. The molecular weight excluding hydrogens is 386 g/mol. The van der Waals surface area contributed by atoms with E-state index in [9.17, 15) is 13.2 Å². The van der Waals surface area contributed by atoms with Crippen molar-refractivity contribution in [1.29, 1.82) is 0 Å². The summed E-state index contributed by atoms with van der Waals surface area (Å²) in [7, 11) is 3.03. The van der Waals surface area contributed by atoms with Crippen LogP contribution >= 0.6 is 26.6 Å². The van der Waals surface area contributed by atoms with E-state index in [-0.39, 0.29) is 17.4 Å². The second-order valence-electron chi connectivity index (χ2n) is 4.13. The molecule has 6 nitrogen and oxygen atoms in total. The van der Waals surface area contributed by atoms with Crippen LogP contribution in [0.2, 0.25) is 0 Å². The molecular formula is C12H15BrClNO5S. The van der Waals surface area contributed by atoms with E-state index in [1.165, 1.54) is 19.2 Å². The van der Waals surface area contributed by atoms with Crippen molar-refractivity contribution < 1.29 is 22.7 Å². The Bertz CT molecular complexity index is 620. The Morgan fingerprint density at radius 3 is 2.62 bits per heavy atom. The highest BCUT2D eigenvalue weighted by Crippen LogP contribution is 2.30. The molecule has 0 atom stereocenters. The SMILES string of the molecule is COCCOCC(=O)Nc1cc(C)c(S(=O)(=O)Cl)cc1Br. The lowest BCUT2D eigenvalue weighted by atomic mass is 10.2. The second kappa shape index (κ2) is 8.09. The molecule has 1 aromatic rings. The van der Waals surface area contributed by atoms with Crippen molar-refractivity contribution in [2.45, 2.75) is 11.8 Å². The maximum Gasteiger partial charge on any atom is 0.261 e. The normalized spacial score (nSPS) is 11.4. The quantitative estimate of drug-likeness (QED) is 0.561. The number of hydrogen-bond acceptors (Lipinski definition) is 5. The summed E-state index contributed by atoms with van der Waals surface area (Å²) >= 11 is 3.20. The minimum atomic E-state index is -3.83. The van der Waals surface area contributed by atoms with Gasteiger partial charge in [-0.2, -0.15) is 0 Å². The van der Waals surface area contributed by atoms with Gasteiger partial charge < -0.3 is 14.8 Å². The van der Waals surface area contributed by atoms with Crippen LogP contribution in [0, 0.1) is 6.92 Å². The molecule has 0 aromatic heterocycles. The van der Waals surface area contributed by atoms with Gasteiger partial charge in [0.25, 0.3) is 9.05 Å². The van der Waals surface area contributed by atoms with Gasteiger partial charge in [0.1, 0.15) is 6.61 Å². The van der Waals surface area contributed by atoms with Crippen LogP contribution < -0.4 is 5.32 Å². The first-order valence-electron chi connectivity index (χ1n) is 5.87. The summed E-state index contributed by atoms with van der Waals surface area (Å²) in [5.41, 5.74) is 0.876. The Morgan fingerprint density at radius 1 is 1.38 bits per heavy atom. The first-order chi connectivity index (χ1) is 9.75. The monoisotopic (exact) mass is 399 g/mol. The summed E-state index contributed by atoms with van der Waals surface area (Å²) in [4.78, 5) is 11.7. The zero-order valence-electron chi connectivity index (χ0n) is 11.5. The third kappa shape index (κ3) is 5.91. The molecule has 0 unspecified atom stereocenters. The van der Waals surface area contributed by atoms with Crippen LogP contribution in [0.5, 0.6) is 0 Å². The van der Waals surface area contributed by atoms with Gasteiger partial charge in [-0.1, -0.05) is 0 Å². The average Bonchev–Trinajstić information content (AvgIpc) is 2.37. The molecule has 0 radical (unpaired) electrons. The van der Waals surface area contributed by atoms with Gasteiger partial charge >= 0.3 is 0 Å². The number of ether oxygens (including phenoxy) is 2. The van der Waals surface area contributed by atoms with Gasteiger partial charge in [-0.05, 0) is 40.5 Å². The van der Waals surface area contributed by atoms with E-state index in [4.69, 9.17) is 20.2 Å². The fraction of sp³-hybridized carbons (Fsp3) is 0.417. The first kappa shape index (κ1) is 18.4. The van der Waals surface area contributed by atoms with Gasteiger partial charge in [-0.15, -0.1) is 0 Å². The highest BCUT2D eigenvalue weighted by molar-refractivity contribution is 9.10. The minimum Gasteiger partial charge on any atom is -0.382 e. The molecule has 1 aromatic carbocycles. The van der Waals surface area contributed by atoms with Gasteiger partial charge in [0, 0.05) is 22.3 Å². The summed E-state index contributed by atoms with van der Waals surface area (Å²) in [5, 5.41) is 2.62. The molecule has 0 saturated carbocycles. The van der Waals surface area contributed by atoms with Crippen molar-refractivity contribution >= 4 is 47.3 Å². The molecule has 0 bridgehead atoms. The number of halogens is 2. The van der Waals surface area contributed by atoms with Crippen LogP contribution in [0.1, 0.15) is 5.56 Å². The lowest BCUT2D eigenvalue weighted by molar-refractivity contribution is -0.121. The Morgan fingerprint density at radius 2 is 2.05 bits per heavy atom. The van der Waals surface area contributed by atoms with Gasteiger partial charge in [-0.3, -0.25) is 4.79 Å². The first-order valence-corrected chi connectivity index (χ1v) is 8.97. The van der Waals surface area contributed by atoms with Gasteiger partial charge in [0.05, 0.1) is 23.8 Å². The summed E-state index contributed by atoms with van der Waals surface area (Å²) in [6.45, 7) is 2.18. The molecule has 0 spiro atoms. The largest absolute Gasteiger partial charge is 0.382 e. The summed E-state index contributed by atoms with van der Waals surface area (Å²) in [5.74, 6) is -0.354. The highest BCUT2D eigenvalue weighted by Gasteiger charge is 2.17. The highest BCUT2D eigenvalue weighted by atomic mass is 79.9. The van der Waals surface area contributed by atoms with Crippen LogP contribution in [0.3, 0.4) is 0 Å². The van der Waals surface area contributed by atoms with Crippen LogP contribution in [0.4, 0.5) is 5.69 Å². The number of aryl methyl sites for hydroxylation is 1. The number of amides is 1. The maximum absolute atomic E-state index is 11.7. The molecule has 0 saturated heterocycles. The Hall–Kier alpha value is -0.670. The molecule has 1 amide bonds. The van der Waals surface area contributed by atoms with E-state index < -0.39 is 9.05 Å². The number of methoxy groups -OCH3 is 1. The van der Waals surface area contributed by atoms with E-state index in [2.05, 4.69) is 21.2 Å². The van der Waals surface area contributed by atoms with Crippen LogP contribution in [0.25, 0.3) is 0 Å². The van der Waals surface area contributed by atoms with Crippen molar-refractivity contribution in [1.82, 2.24) is 0 Å². The molecule has 0 aliphatic rings. The van der Waals surface area contributed by atoms with E-state index in [0.717, 1.165) is 0 Å². The molecule has 118 valence electrons. The molecule has 1 N–H and O–H groups in total. The lowest BCUT2D eigenvalue weighted by Gasteiger charge is -2.11. The molecule has 0 heterocycles. The molecule has 9 heteroatoms. The summed E-state index contributed by atoms with van der Waals surface area (Å²) in [6, 6.07) is 2.87. The van der Waals surface area contributed by atoms with Crippen molar-refractivity contribution in [2.75, 3.05) is 32.2 Å². The Labute approximate surface area is 136 Å². The third-order valence-electron chi connectivity index (χ3n) is 2.47. The molecule has 21 heavy (non-hydrogen) atoms. The van der Waals surface area contributed by atoms with E-state index >= 15 is 0 Å². The summed E-state index contributed by atoms with van der Waals surface area (Å²) in [6.07, 6.45) is 0. The number of nitrogens with one attached hydrogen (secondary N) is 1. The zero-order valence-corrected chi connectivity index (χ0v) is 14.6. The molecule has 1 rings (SSSR count). The standard InChI is InChI=1S/C12H15BrClNO5S/c1-8-5-10(9(13)6-11(8)21(14,17)18)15-12(16)7-20-4-3-19-2/h5-6H,3-4,7H2,1-2H3,(H,15,16). The van der Waals surface area contributed by atoms with Crippen molar-refractivity contribution in [3.8, 4) is 0 Å². The van der Waals surface area contributed by atoms with E-state index in [1.807, 2.05) is 0 Å². The number of anilines is 1. The maximum atomic E-state index is 11.7. The van der Waals surface area contributed by atoms with E-state index in [1.54, 1.807) is 6.92 Å². The molecule has 0 fully saturated rings. The van der Waals surface area contributed by atoms with Crippen LogP contribution in [-0.2, 0) is 23.3 Å². The van der Waals surface area contributed by atoms with Crippen LogP contribution in [-0.4, -0.2) is 41.3 Å². The predicted molar refractivity (Wildman–Crippen MR) is 83.2 cm³/mol. The second-order valence-corrected chi connectivity index (χ2v) is 7.52. The van der Waals surface area contributed by atoms with Gasteiger partial charge in [0.15, 0.2) is 0 Å². The fourth-order valence-corrected chi connectivity index (χ4v) is 3.31. The molecule has 0 aliphatic heterocycles. The number of benzene rings is 1. The van der Waals surface area contributed by atoms with Gasteiger partial charge in [0.2, 0.25) is 5.91 Å². The summed E-state index contributed by atoms with van der Waals surface area (Å²) < 4.78 is 33.0. The molecule has 0 aliphatic carbocycles. The smallest absolute Gasteiger partial charge is 0.261 e. The fourth-order valence-electron chi connectivity index (χ4n) is 1.52. The number of rotatable bonds is 7. The number of carbonyl (C=O) groups excluding carboxylic acids is 1. The third-order valence-corrected chi connectivity index (χ3v) is 4.59. The predicted octanol–water partition coefficient (Wildman–Crippen LogP) is 2.29. The van der Waals surface area contributed by atoms with Crippen molar-refractivity contribution in [3.63, 3.8) is 0 Å². The number of carbonyl (C=O) groups is 1. The average molecular weight is 401 g/mol.